The number of aromatic nitrogens is 2. The summed E-state index contributed by atoms with van der Waals surface area (Å²) < 4.78 is 17.8. The fraction of sp³-hybridized carbons (Fsp3) is 0.238. The first kappa shape index (κ1) is 18.5. The fourth-order valence-corrected chi connectivity index (χ4v) is 2.89. The van der Waals surface area contributed by atoms with E-state index in [1.165, 1.54) is 0 Å². The molecule has 0 aliphatic rings. The van der Waals surface area contributed by atoms with Crippen molar-refractivity contribution in [1.82, 2.24) is 9.55 Å². The summed E-state index contributed by atoms with van der Waals surface area (Å²) in [6, 6.07) is 13.0. The molecule has 0 radical (unpaired) electrons. The van der Waals surface area contributed by atoms with Crippen LogP contribution < -0.4 is 14.2 Å². The third-order valence-corrected chi connectivity index (χ3v) is 4.28. The highest BCUT2D eigenvalue weighted by atomic mass is 16.5. The number of carbonyl (C=O) groups excluding carboxylic acids is 1. The fourth-order valence-electron chi connectivity index (χ4n) is 2.89. The predicted molar refractivity (Wildman–Crippen MR) is 102 cm³/mol. The minimum Gasteiger partial charge on any atom is -0.496 e. The first-order chi connectivity index (χ1) is 13.1. The number of carbonyl (C=O) groups is 1. The Morgan fingerprint density at radius 3 is 2.44 bits per heavy atom. The summed E-state index contributed by atoms with van der Waals surface area (Å²) in [4.78, 5) is 16.9. The summed E-state index contributed by atoms with van der Waals surface area (Å²) in [6.45, 7) is 0.627. The highest BCUT2D eigenvalue weighted by Crippen LogP contribution is 2.28. The molecule has 140 valence electrons. The van der Waals surface area contributed by atoms with Gasteiger partial charge in [0.25, 0.3) is 0 Å². The first-order valence-corrected chi connectivity index (χ1v) is 8.52. The van der Waals surface area contributed by atoms with Crippen molar-refractivity contribution in [3.63, 3.8) is 0 Å². The van der Waals surface area contributed by atoms with E-state index in [1.807, 2.05) is 35.0 Å². The van der Waals surface area contributed by atoms with Crippen molar-refractivity contribution >= 4 is 5.78 Å². The molecule has 0 N–H and O–H groups in total. The summed E-state index contributed by atoms with van der Waals surface area (Å²) in [7, 11) is 4.76. The summed E-state index contributed by atoms with van der Waals surface area (Å²) in [6.07, 6.45) is 3.82. The number of rotatable bonds is 8. The number of nitrogens with zero attached hydrogens (tertiary/aromatic N) is 2. The quantitative estimate of drug-likeness (QED) is 0.572. The van der Waals surface area contributed by atoms with Crippen LogP contribution in [-0.2, 0) is 13.0 Å². The number of ketones is 1. The van der Waals surface area contributed by atoms with Crippen LogP contribution in [0.1, 0.15) is 21.6 Å². The normalized spacial score (nSPS) is 10.5. The van der Waals surface area contributed by atoms with Crippen molar-refractivity contribution in [3.05, 3.63) is 71.8 Å². The van der Waals surface area contributed by atoms with Crippen LogP contribution in [0.2, 0.25) is 0 Å². The Balaban J connectivity index is 1.71. The largest absolute Gasteiger partial charge is 0.496 e. The molecule has 2 aromatic carbocycles. The Kier molecular flexibility index (Phi) is 5.76. The average Bonchev–Trinajstić information content (AvgIpc) is 3.14. The monoisotopic (exact) mass is 366 g/mol. The Labute approximate surface area is 158 Å². The van der Waals surface area contributed by atoms with Crippen LogP contribution >= 0.6 is 0 Å². The zero-order valence-corrected chi connectivity index (χ0v) is 15.6. The maximum atomic E-state index is 12.6. The van der Waals surface area contributed by atoms with Gasteiger partial charge in [0, 0.05) is 17.3 Å². The standard InChI is InChI=1S/C21H22N2O4/c1-25-19-7-5-4-6-16(19)12-23-13-17(22-14-23)11-18(24)15-8-9-20(26-2)21(10-15)27-3/h4-10,13-14H,11-12H2,1-3H3. The molecule has 0 saturated heterocycles. The van der Waals surface area contributed by atoms with Crippen LogP contribution in [0.5, 0.6) is 17.2 Å². The SMILES string of the molecule is COc1ccccc1Cn1cnc(CC(=O)c2ccc(OC)c(OC)c2)c1. The number of benzene rings is 2. The van der Waals surface area contributed by atoms with Crippen LogP contribution in [0.3, 0.4) is 0 Å². The Bertz CT molecular complexity index is 933. The summed E-state index contributed by atoms with van der Waals surface area (Å²) >= 11 is 0. The lowest BCUT2D eigenvalue weighted by Gasteiger charge is -2.09. The molecule has 1 aromatic heterocycles. The van der Waals surface area contributed by atoms with Gasteiger partial charge < -0.3 is 18.8 Å². The lowest BCUT2D eigenvalue weighted by atomic mass is 10.1. The molecular weight excluding hydrogens is 344 g/mol. The molecule has 0 unspecified atom stereocenters. The molecule has 6 heteroatoms. The zero-order chi connectivity index (χ0) is 19.2. The second-order valence-electron chi connectivity index (χ2n) is 6.02. The highest BCUT2D eigenvalue weighted by Gasteiger charge is 2.13. The van der Waals surface area contributed by atoms with Crippen LogP contribution in [-0.4, -0.2) is 36.7 Å². The van der Waals surface area contributed by atoms with Crippen molar-refractivity contribution < 1.29 is 19.0 Å². The second kappa shape index (κ2) is 8.40. The Hall–Kier alpha value is -3.28. The summed E-state index contributed by atoms with van der Waals surface area (Å²) in [5.74, 6) is 1.92. The van der Waals surface area contributed by atoms with Gasteiger partial charge in [0.15, 0.2) is 17.3 Å². The molecule has 0 spiro atoms. The molecule has 0 atom stereocenters. The van der Waals surface area contributed by atoms with Gasteiger partial charge in [-0.2, -0.15) is 0 Å². The van der Waals surface area contributed by atoms with Gasteiger partial charge in [0.05, 0.1) is 46.3 Å². The van der Waals surface area contributed by atoms with Gasteiger partial charge in [-0.25, -0.2) is 4.98 Å². The smallest absolute Gasteiger partial charge is 0.169 e. The van der Waals surface area contributed by atoms with E-state index in [-0.39, 0.29) is 12.2 Å². The molecule has 0 saturated carbocycles. The van der Waals surface area contributed by atoms with Crippen molar-refractivity contribution in [3.8, 4) is 17.2 Å². The molecule has 3 aromatic rings. The van der Waals surface area contributed by atoms with Gasteiger partial charge in [-0.15, -0.1) is 0 Å². The van der Waals surface area contributed by atoms with E-state index in [0.29, 0.717) is 29.3 Å². The van der Waals surface area contributed by atoms with Crippen molar-refractivity contribution in [1.29, 1.82) is 0 Å². The van der Waals surface area contributed by atoms with E-state index < -0.39 is 0 Å². The molecule has 0 amide bonds. The van der Waals surface area contributed by atoms with Gasteiger partial charge in [0.2, 0.25) is 0 Å². The van der Waals surface area contributed by atoms with Crippen LogP contribution in [0, 0.1) is 0 Å². The number of imidazole rings is 1. The molecule has 0 bridgehead atoms. The minimum absolute atomic E-state index is 0.0292. The summed E-state index contributed by atoms with van der Waals surface area (Å²) in [5, 5.41) is 0. The summed E-state index contributed by atoms with van der Waals surface area (Å²) in [5.41, 5.74) is 2.33. The molecule has 1 heterocycles. The first-order valence-electron chi connectivity index (χ1n) is 8.52. The number of ether oxygens (including phenoxy) is 3. The number of hydrogen-bond acceptors (Lipinski definition) is 5. The van der Waals surface area contributed by atoms with Gasteiger partial charge in [-0.1, -0.05) is 18.2 Å². The number of para-hydroxylation sites is 1. The Morgan fingerprint density at radius 1 is 0.963 bits per heavy atom. The highest BCUT2D eigenvalue weighted by molar-refractivity contribution is 5.97. The minimum atomic E-state index is -0.0292. The van der Waals surface area contributed by atoms with Gasteiger partial charge in [-0.3, -0.25) is 4.79 Å². The van der Waals surface area contributed by atoms with Crippen LogP contribution in [0.4, 0.5) is 0 Å². The van der Waals surface area contributed by atoms with E-state index in [4.69, 9.17) is 14.2 Å². The third-order valence-electron chi connectivity index (χ3n) is 4.28. The maximum absolute atomic E-state index is 12.6. The third kappa shape index (κ3) is 4.28. The molecular formula is C21H22N2O4. The molecule has 0 aliphatic carbocycles. The predicted octanol–water partition coefficient (Wildman–Crippen LogP) is 3.38. The average molecular weight is 366 g/mol. The van der Waals surface area contributed by atoms with Crippen molar-refractivity contribution in [2.75, 3.05) is 21.3 Å². The maximum Gasteiger partial charge on any atom is 0.169 e. The number of hydrogen-bond donors (Lipinski definition) is 0. The van der Waals surface area contributed by atoms with E-state index in [9.17, 15) is 4.79 Å². The Morgan fingerprint density at radius 2 is 1.70 bits per heavy atom. The second-order valence-corrected chi connectivity index (χ2v) is 6.02. The van der Waals surface area contributed by atoms with E-state index in [1.54, 1.807) is 45.9 Å². The number of Topliss-reactive ketones (excluding diaryl/α,β-unsaturated/α-hetero) is 1. The van der Waals surface area contributed by atoms with Crippen LogP contribution in [0.15, 0.2) is 55.0 Å². The molecule has 0 aliphatic heterocycles. The van der Waals surface area contributed by atoms with E-state index >= 15 is 0 Å². The van der Waals surface area contributed by atoms with E-state index in [2.05, 4.69) is 4.98 Å². The lowest BCUT2D eigenvalue weighted by Crippen LogP contribution is -2.05. The van der Waals surface area contributed by atoms with Crippen molar-refractivity contribution in [2.24, 2.45) is 0 Å². The van der Waals surface area contributed by atoms with E-state index in [0.717, 1.165) is 11.3 Å². The molecule has 0 fully saturated rings. The van der Waals surface area contributed by atoms with Crippen LogP contribution in [0.25, 0.3) is 0 Å². The van der Waals surface area contributed by atoms with Gasteiger partial charge in [-0.05, 0) is 24.3 Å². The van der Waals surface area contributed by atoms with Crippen molar-refractivity contribution in [2.45, 2.75) is 13.0 Å². The lowest BCUT2D eigenvalue weighted by molar-refractivity contribution is 0.0991. The molecule has 6 nitrogen and oxygen atoms in total. The molecule has 27 heavy (non-hydrogen) atoms. The van der Waals surface area contributed by atoms with Gasteiger partial charge in [0.1, 0.15) is 5.75 Å². The zero-order valence-electron chi connectivity index (χ0n) is 15.6. The number of methoxy groups -OCH3 is 3. The topological polar surface area (TPSA) is 62.6 Å². The van der Waals surface area contributed by atoms with Gasteiger partial charge >= 0.3 is 0 Å². The molecule has 3 rings (SSSR count).